The maximum atomic E-state index is 12.1. The first-order chi connectivity index (χ1) is 18.3. The minimum atomic E-state index is -0.500. The van der Waals surface area contributed by atoms with Crippen LogP contribution in [0.4, 0.5) is 5.69 Å². The van der Waals surface area contributed by atoms with Gasteiger partial charge >= 0.3 is 0 Å². The van der Waals surface area contributed by atoms with Crippen LogP contribution in [0.5, 0.6) is 0 Å². The van der Waals surface area contributed by atoms with Crippen molar-refractivity contribution in [3.8, 4) is 0 Å². The molecular weight excluding hydrogens is 513 g/mol. The number of allylic oxidation sites excluding steroid dienone is 2. The number of fused-ring (bicyclic) bond motifs is 1. The van der Waals surface area contributed by atoms with Crippen molar-refractivity contribution in [2.75, 3.05) is 37.7 Å². The Morgan fingerprint density at radius 3 is 2.33 bits per heavy atom. The first-order valence-electron chi connectivity index (χ1n) is 13.7. The Morgan fingerprint density at radius 2 is 1.67 bits per heavy atom. The van der Waals surface area contributed by atoms with E-state index in [9.17, 15) is 14.4 Å². The molecule has 8 nitrogen and oxygen atoms in total. The number of para-hydroxylation sites is 1. The molecule has 9 heteroatoms. The second-order valence-electron chi connectivity index (χ2n) is 11.5. The minimum Gasteiger partial charge on any atom is -0.374 e. The van der Waals surface area contributed by atoms with Crippen LogP contribution in [-0.4, -0.2) is 66.4 Å². The van der Waals surface area contributed by atoms with Crippen LogP contribution in [0.15, 0.2) is 48.2 Å². The molecule has 2 heterocycles. The summed E-state index contributed by atoms with van der Waals surface area (Å²) < 4.78 is 12.4. The van der Waals surface area contributed by atoms with Crippen LogP contribution in [-0.2, 0) is 29.3 Å². The molecule has 1 N–H and O–H groups in total. The SMILES string of the molecule is C/C=C1/N(CCOC(C)(C)CCOC(C)(P)CCNC(=O)CCN2C(=O)C=CC2=O)c2ccccc2C1(C)C. The molecular formula is C30H44N3O5P. The predicted octanol–water partition coefficient (Wildman–Crippen LogP) is 4.30. The van der Waals surface area contributed by atoms with E-state index >= 15 is 0 Å². The summed E-state index contributed by atoms with van der Waals surface area (Å²) in [6.07, 6.45) is 6.05. The summed E-state index contributed by atoms with van der Waals surface area (Å²) >= 11 is 0. The van der Waals surface area contributed by atoms with Gasteiger partial charge in [0, 0.05) is 55.0 Å². The molecule has 0 fully saturated rings. The molecule has 0 saturated carbocycles. The Labute approximate surface area is 235 Å². The average molecular weight is 558 g/mol. The van der Waals surface area contributed by atoms with Gasteiger partial charge in [-0.15, -0.1) is 9.24 Å². The van der Waals surface area contributed by atoms with E-state index in [2.05, 4.69) is 84.4 Å². The zero-order chi connectivity index (χ0) is 28.8. The Bertz CT molecular complexity index is 1110. The molecule has 0 aromatic heterocycles. The number of hydrogen-bond acceptors (Lipinski definition) is 6. The summed E-state index contributed by atoms with van der Waals surface area (Å²) in [7, 11) is 2.72. The average Bonchev–Trinajstić information content (AvgIpc) is 3.29. The molecule has 0 radical (unpaired) electrons. The van der Waals surface area contributed by atoms with Crippen LogP contribution >= 0.6 is 9.24 Å². The molecule has 3 rings (SSSR count). The van der Waals surface area contributed by atoms with Crippen molar-refractivity contribution in [2.45, 2.75) is 77.2 Å². The summed E-state index contributed by atoms with van der Waals surface area (Å²) in [4.78, 5) is 38.7. The number of amides is 3. The number of anilines is 1. The maximum Gasteiger partial charge on any atom is 0.253 e. The van der Waals surface area contributed by atoms with E-state index in [1.807, 2.05) is 6.92 Å². The lowest BCUT2D eigenvalue weighted by atomic mass is 9.84. The number of carbonyl (C=O) groups is 3. The van der Waals surface area contributed by atoms with Crippen LogP contribution in [0.1, 0.15) is 66.4 Å². The third kappa shape index (κ3) is 8.00. The second kappa shape index (κ2) is 12.8. The first-order valence-corrected chi connectivity index (χ1v) is 14.3. The lowest BCUT2D eigenvalue weighted by Crippen LogP contribution is -2.36. The molecule has 1 aromatic carbocycles. The van der Waals surface area contributed by atoms with Crippen LogP contribution in [0, 0.1) is 0 Å². The highest BCUT2D eigenvalue weighted by molar-refractivity contribution is 7.18. The van der Waals surface area contributed by atoms with Crippen LogP contribution < -0.4 is 10.2 Å². The van der Waals surface area contributed by atoms with Crippen molar-refractivity contribution in [3.05, 3.63) is 53.8 Å². The van der Waals surface area contributed by atoms with Crippen molar-refractivity contribution < 1.29 is 23.9 Å². The summed E-state index contributed by atoms with van der Waals surface area (Å²) in [5, 5.41) is 2.34. The molecule has 2 unspecified atom stereocenters. The van der Waals surface area contributed by atoms with Crippen molar-refractivity contribution in [1.82, 2.24) is 10.2 Å². The minimum absolute atomic E-state index is 0.0269. The molecule has 2 aliphatic heterocycles. The van der Waals surface area contributed by atoms with Crippen molar-refractivity contribution in [3.63, 3.8) is 0 Å². The van der Waals surface area contributed by atoms with Gasteiger partial charge < -0.3 is 19.7 Å². The third-order valence-electron chi connectivity index (χ3n) is 7.42. The fraction of sp³-hybridized carbons (Fsp3) is 0.567. The van der Waals surface area contributed by atoms with Crippen LogP contribution in [0.3, 0.4) is 0 Å². The topological polar surface area (TPSA) is 88.2 Å². The van der Waals surface area contributed by atoms with Crippen molar-refractivity contribution in [2.24, 2.45) is 0 Å². The molecule has 0 bridgehead atoms. The van der Waals surface area contributed by atoms with Gasteiger partial charge in [-0.25, -0.2) is 0 Å². The van der Waals surface area contributed by atoms with Gasteiger partial charge in [0.15, 0.2) is 0 Å². The first kappa shape index (κ1) is 31.0. The van der Waals surface area contributed by atoms with Crippen molar-refractivity contribution in [1.29, 1.82) is 0 Å². The predicted molar refractivity (Wildman–Crippen MR) is 157 cm³/mol. The Hall–Kier alpha value is -2.54. The van der Waals surface area contributed by atoms with E-state index in [0.29, 0.717) is 26.2 Å². The molecule has 39 heavy (non-hydrogen) atoms. The molecule has 2 atom stereocenters. The smallest absolute Gasteiger partial charge is 0.253 e. The fourth-order valence-electron chi connectivity index (χ4n) is 5.09. The van der Waals surface area contributed by atoms with Crippen molar-refractivity contribution >= 4 is 32.6 Å². The number of ether oxygens (including phenoxy) is 2. The van der Waals surface area contributed by atoms with E-state index in [0.717, 1.165) is 17.9 Å². The molecule has 2 aliphatic rings. The number of imide groups is 1. The van der Waals surface area contributed by atoms with Gasteiger partial charge in [0.25, 0.3) is 11.8 Å². The molecule has 0 saturated heterocycles. The second-order valence-corrected chi connectivity index (χ2v) is 12.7. The molecule has 214 valence electrons. The highest BCUT2D eigenvalue weighted by Crippen LogP contribution is 2.47. The number of carbonyl (C=O) groups excluding carboxylic acids is 3. The van der Waals surface area contributed by atoms with E-state index in [1.165, 1.54) is 29.1 Å². The number of nitrogens with one attached hydrogen (secondary N) is 1. The normalized spacial score (nSPS) is 19.1. The van der Waals surface area contributed by atoms with Gasteiger partial charge in [-0.05, 0) is 52.2 Å². The Morgan fingerprint density at radius 1 is 1.00 bits per heavy atom. The number of rotatable bonds is 14. The maximum absolute atomic E-state index is 12.1. The number of benzene rings is 1. The van der Waals surface area contributed by atoms with E-state index in [-0.39, 0.29) is 41.7 Å². The summed E-state index contributed by atoms with van der Waals surface area (Å²) in [5.74, 6) is -0.958. The monoisotopic (exact) mass is 557 g/mol. The van der Waals surface area contributed by atoms with Gasteiger partial charge in [-0.3, -0.25) is 19.3 Å². The van der Waals surface area contributed by atoms with E-state index < -0.39 is 5.34 Å². The third-order valence-corrected chi connectivity index (χ3v) is 7.88. The van der Waals surface area contributed by atoms with Gasteiger partial charge in [0.2, 0.25) is 5.91 Å². The molecule has 1 aromatic rings. The summed E-state index contributed by atoms with van der Waals surface area (Å²) in [6, 6.07) is 8.58. The van der Waals surface area contributed by atoms with Crippen LogP contribution in [0.25, 0.3) is 0 Å². The lowest BCUT2D eigenvalue weighted by molar-refractivity contribution is -0.137. The molecule has 3 amide bonds. The largest absolute Gasteiger partial charge is 0.374 e. The van der Waals surface area contributed by atoms with Gasteiger partial charge in [0.1, 0.15) is 0 Å². The fourth-order valence-corrected chi connectivity index (χ4v) is 5.35. The summed E-state index contributed by atoms with van der Waals surface area (Å²) in [6.45, 7) is 15.2. The highest BCUT2D eigenvalue weighted by Gasteiger charge is 2.39. The van der Waals surface area contributed by atoms with E-state index in [1.54, 1.807) is 0 Å². The van der Waals surface area contributed by atoms with Gasteiger partial charge in [-0.1, -0.05) is 38.1 Å². The molecule has 0 spiro atoms. The zero-order valence-electron chi connectivity index (χ0n) is 24.2. The molecule has 0 aliphatic carbocycles. The lowest BCUT2D eigenvalue weighted by Gasteiger charge is -2.31. The number of hydrogen-bond donors (Lipinski definition) is 1. The van der Waals surface area contributed by atoms with Crippen LogP contribution in [0.2, 0.25) is 0 Å². The van der Waals surface area contributed by atoms with Gasteiger partial charge in [-0.2, -0.15) is 0 Å². The highest BCUT2D eigenvalue weighted by atomic mass is 31.0. The Balaban J connectivity index is 1.36. The number of nitrogens with zero attached hydrogens (tertiary/aromatic N) is 2. The quantitative estimate of drug-likeness (QED) is 0.271. The standard InChI is InChI=1S/C30H44N3O5P/c1-7-24-29(4,5)22-10-8-9-11-23(22)32(24)19-21-37-28(2,3)16-20-38-30(6,39)15-17-31-25(34)14-18-33-26(35)12-13-27(33)36/h7-13H,14-21,39H2,1-6H3,(H,31,34)/b24-7+. The zero-order valence-corrected chi connectivity index (χ0v) is 25.4. The van der Waals surface area contributed by atoms with Gasteiger partial charge in [0.05, 0.1) is 24.2 Å². The Kier molecular flexibility index (Phi) is 10.1. The van der Waals surface area contributed by atoms with E-state index in [4.69, 9.17) is 9.47 Å². The summed E-state index contributed by atoms with van der Waals surface area (Å²) in [5.41, 5.74) is 3.52.